The van der Waals surface area contributed by atoms with Crippen molar-refractivity contribution in [3.63, 3.8) is 0 Å². The molecular weight excluding hydrogens is 533 g/mol. The number of rotatable bonds is 7. The molecule has 3 heterocycles. The molecule has 0 radical (unpaired) electrons. The second kappa shape index (κ2) is 10.6. The van der Waals surface area contributed by atoms with Crippen molar-refractivity contribution in [2.75, 3.05) is 23.9 Å². The van der Waals surface area contributed by atoms with Crippen LogP contribution in [0.2, 0.25) is 0 Å². The second-order valence-corrected chi connectivity index (χ2v) is 10.8. The van der Waals surface area contributed by atoms with Gasteiger partial charge in [-0.1, -0.05) is 0 Å². The molecule has 0 saturated carbocycles. The van der Waals surface area contributed by atoms with Crippen LogP contribution in [-0.2, 0) is 0 Å². The van der Waals surface area contributed by atoms with Crippen LogP contribution in [0.25, 0.3) is 31.8 Å². The molecule has 0 bridgehead atoms. The Morgan fingerprint density at radius 3 is 2.40 bits per heavy atom. The molecule has 2 aromatic carbocycles. The molecule has 0 aliphatic heterocycles. The smallest absolute Gasteiger partial charge is 0.412 e. The molecule has 1 N–H and O–H groups in total. The zero-order valence-corrected chi connectivity index (χ0v) is 23.7. The van der Waals surface area contributed by atoms with Gasteiger partial charge in [0.1, 0.15) is 22.8 Å². The summed E-state index contributed by atoms with van der Waals surface area (Å²) in [5.41, 5.74) is 4.07. The Bertz CT molecular complexity index is 1730. The predicted molar refractivity (Wildman–Crippen MR) is 154 cm³/mol. The highest BCUT2D eigenvalue weighted by molar-refractivity contribution is 7.21. The number of benzene rings is 2. The molecule has 0 saturated heterocycles. The maximum atomic E-state index is 15.2. The van der Waals surface area contributed by atoms with Crippen molar-refractivity contribution >= 4 is 50.2 Å². The summed E-state index contributed by atoms with van der Waals surface area (Å²) in [4.78, 5) is 37.3. The Labute approximate surface area is 234 Å². The molecule has 0 spiro atoms. The highest BCUT2D eigenvalue weighted by atomic mass is 32.1. The number of nitrogens with zero attached hydrogens (tertiary/aromatic N) is 7. The summed E-state index contributed by atoms with van der Waals surface area (Å²) in [5, 5.41) is 10.5. The number of aromatic nitrogens is 5. The normalized spacial score (nSPS) is 12.9. The van der Waals surface area contributed by atoms with Gasteiger partial charge < -0.3 is 14.7 Å². The van der Waals surface area contributed by atoms with E-state index in [4.69, 9.17) is 14.7 Å². The SMILES string of the molecule is Cc1cc(-c2nc3cc(F)c(OC(C)C(C)N(C(=O)O)c4cnc(C)nc4)cc3s2)c2ncc(N(C)C)nc2c1. The number of carboxylic acid groups (broad SMARTS) is 1. The lowest BCUT2D eigenvalue weighted by Gasteiger charge is -2.30. The molecule has 0 aliphatic rings. The van der Waals surface area contributed by atoms with Crippen molar-refractivity contribution in [2.45, 2.75) is 39.8 Å². The first-order valence-electron chi connectivity index (χ1n) is 12.5. The lowest BCUT2D eigenvalue weighted by atomic mass is 10.1. The fraction of sp³-hybridized carbons (Fsp3) is 0.286. The number of ether oxygens (including phenoxy) is 1. The first kappa shape index (κ1) is 27.1. The molecule has 0 aliphatic carbocycles. The van der Waals surface area contributed by atoms with E-state index in [9.17, 15) is 9.90 Å². The van der Waals surface area contributed by atoms with Crippen molar-refractivity contribution < 1.29 is 19.0 Å². The van der Waals surface area contributed by atoms with Crippen LogP contribution in [0.1, 0.15) is 25.2 Å². The highest BCUT2D eigenvalue weighted by Gasteiger charge is 2.29. The summed E-state index contributed by atoms with van der Waals surface area (Å²) in [7, 11) is 3.82. The molecule has 2 atom stereocenters. The number of fused-ring (bicyclic) bond motifs is 2. The molecule has 10 nitrogen and oxygen atoms in total. The Hall–Kier alpha value is -4.45. The van der Waals surface area contributed by atoms with E-state index in [0.717, 1.165) is 32.1 Å². The number of halogens is 1. The number of thiazole rings is 1. The van der Waals surface area contributed by atoms with E-state index < -0.39 is 24.1 Å². The molecule has 0 fully saturated rings. The zero-order chi connectivity index (χ0) is 28.7. The molecule has 5 rings (SSSR count). The van der Waals surface area contributed by atoms with Gasteiger partial charge in [-0.3, -0.25) is 9.88 Å². The van der Waals surface area contributed by atoms with E-state index >= 15 is 4.39 Å². The summed E-state index contributed by atoms with van der Waals surface area (Å²) in [6.07, 6.45) is 2.70. The lowest BCUT2D eigenvalue weighted by Crippen LogP contribution is -2.46. The minimum absolute atomic E-state index is 0.0112. The van der Waals surface area contributed by atoms with Gasteiger partial charge in [-0.05, 0) is 45.4 Å². The molecule has 3 aromatic heterocycles. The van der Waals surface area contributed by atoms with Gasteiger partial charge in [0.2, 0.25) is 0 Å². The number of amides is 1. The molecule has 5 aromatic rings. The summed E-state index contributed by atoms with van der Waals surface area (Å²) in [5.74, 6) is 0.691. The minimum Gasteiger partial charge on any atom is -0.485 e. The quantitative estimate of drug-likeness (QED) is 0.261. The fourth-order valence-corrected chi connectivity index (χ4v) is 5.30. The molecular formula is C28H28FN7O3S. The average molecular weight is 562 g/mol. The van der Waals surface area contributed by atoms with Crippen LogP contribution in [0.5, 0.6) is 5.75 Å². The number of hydrogen-bond donors (Lipinski definition) is 1. The van der Waals surface area contributed by atoms with Crippen molar-refractivity contribution in [3.8, 4) is 16.3 Å². The van der Waals surface area contributed by atoms with Crippen LogP contribution in [0, 0.1) is 19.7 Å². The maximum absolute atomic E-state index is 15.2. The van der Waals surface area contributed by atoms with E-state index in [1.165, 1.54) is 29.8 Å². The monoisotopic (exact) mass is 561 g/mol. The van der Waals surface area contributed by atoms with Crippen LogP contribution < -0.4 is 14.5 Å². The van der Waals surface area contributed by atoms with Crippen molar-refractivity contribution in [3.05, 3.63) is 60.1 Å². The highest BCUT2D eigenvalue weighted by Crippen LogP contribution is 2.37. The Kier molecular flexibility index (Phi) is 7.19. The van der Waals surface area contributed by atoms with Crippen molar-refractivity contribution in [1.29, 1.82) is 0 Å². The fourth-order valence-electron chi connectivity index (χ4n) is 4.31. The molecule has 12 heteroatoms. The van der Waals surface area contributed by atoms with E-state index in [2.05, 4.69) is 15.0 Å². The van der Waals surface area contributed by atoms with E-state index in [-0.39, 0.29) is 5.75 Å². The number of anilines is 2. The van der Waals surface area contributed by atoms with E-state index in [0.29, 0.717) is 27.6 Å². The molecule has 2 unspecified atom stereocenters. The summed E-state index contributed by atoms with van der Waals surface area (Å²) < 4.78 is 21.9. The number of carbonyl (C=O) groups is 1. The Morgan fingerprint density at radius 2 is 1.73 bits per heavy atom. The second-order valence-electron chi connectivity index (χ2n) is 9.78. The molecule has 1 amide bonds. The Balaban J connectivity index is 1.46. The average Bonchev–Trinajstić information content (AvgIpc) is 3.31. The first-order valence-corrected chi connectivity index (χ1v) is 13.4. The molecule has 206 valence electrons. The Morgan fingerprint density at radius 1 is 1.00 bits per heavy atom. The van der Waals surface area contributed by atoms with Crippen LogP contribution in [0.4, 0.5) is 20.7 Å². The van der Waals surface area contributed by atoms with Gasteiger partial charge in [-0.15, -0.1) is 11.3 Å². The van der Waals surface area contributed by atoms with Crippen LogP contribution >= 0.6 is 11.3 Å². The third-order valence-electron chi connectivity index (χ3n) is 6.56. The minimum atomic E-state index is -1.19. The van der Waals surface area contributed by atoms with Gasteiger partial charge >= 0.3 is 6.09 Å². The van der Waals surface area contributed by atoms with Crippen LogP contribution in [0.3, 0.4) is 0 Å². The number of hydrogen-bond acceptors (Lipinski definition) is 9. The zero-order valence-electron chi connectivity index (χ0n) is 22.9. The van der Waals surface area contributed by atoms with Crippen LogP contribution in [-0.4, -0.2) is 62.4 Å². The van der Waals surface area contributed by atoms with Crippen LogP contribution in [0.15, 0.2) is 42.9 Å². The summed E-state index contributed by atoms with van der Waals surface area (Å²) in [6, 6.07) is 6.24. The maximum Gasteiger partial charge on any atom is 0.412 e. The first-order chi connectivity index (χ1) is 19.0. The third kappa shape index (κ3) is 5.22. The standard InChI is InChI=1S/C28H28FN7O3S/c1-14-7-19(26-22(8-14)33-25(13-32-26)35(5)6)27-34-21-9-20(29)23(10-24(21)40-27)39-16(3)15(2)36(28(37)38)18-11-30-17(4)31-12-18/h7-13,15-16H,1-6H3,(H,37,38). The van der Waals surface area contributed by atoms with Gasteiger partial charge in [0.05, 0.1) is 51.6 Å². The van der Waals surface area contributed by atoms with Gasteiger partial charge in [-0.25, -0.2) is 29.1 Å². The number of aryl methyl sites for hydroxylation is 2. The van der Waals surface area contributed by atoms with Gasteiger partial charge in [-0.2, -0.15) is 0 Å². The lowest BCUT2D eigenvalue weighted by molar-refractivity contribution is 0.167. The van der Waals surface area contributed by atoms with Gasteiger partial charge in [0, 0.05) is 31.8 Å². The summed E-state index contributed by atoms with van der Waals surface area (Å²) >= 11 is 1.40. The molecule has 40 heavy (non-hydrogen) atoms. The third-order valence-corrected chi connectivity index (χ3v) is 7.61. The topological polar surface area (TPSA) is 117 Å². The summed E-state index contributed by atoms with van der Waals surface area (Å²) in [6.45, 7) is 7.07. The van der Waals surface area contributed by atoms with Crippen molar-refractivity contribution in [2.24, 2.45) is 0 Å². The van der Waals surface area contributed by atoms with Gasteiger partial charge in [0.25, 0.3) is 0 Å². The van der Waals surface area contributed by atoms with E-state index in [1.54, 1.807) is 33.0 Å². The van der Waals surface area contributed by atoms with Gasteiger partial charge in [0.15, 0.2) is 11.6 Å². The largest absolute Gasteiger partial charge is 0.485 e. The predicted octanol–water partition coefficient (Wildman–Crippen LogP) is 5.86. The van der Waals surface area contributed by atoms with E-state index in [1.807, 2.05) is 38.1 Å². The van der Waals surface area contributed by atoms with Crippen molar-refractivity contribution in [1.82, 2.24) is 24.9 Å².